The quantitative estimate of drug-likeness (QED) is 0.229. The zero-order valence-electron chi connectivity index (χ0n) is 17.5. The molecule has 0 amide bonds. The van der Waals surface area contributed by atoms with E-state index in [1.54, 1.807) is 17.0 Å². The molecule has 0 fully saturated rings. The summed E-state index contributed by atoms with van der Waals surface area (Å²) in [6.07, 6.45) is 4.50. The number of aliphatic hydroxyl groups excluding tert-OH is 2. The van der Waals surface area contributed by atoms with Crippen molar-refractivity contribution in [2.24, 2.45) is 0 Å². The Morgan fingerprint density at radius 1 is 1.00 bits per heavy atom. The molecule has 1 heterocycles. The van der Waals surface area contributed by atoms with Crippen LogP contribution in [0.4, 0.5) is 5.69 Å². The lowest BCUT2D eigenvalue weighted by Crippen LogP contribution is -2.39. The number of aromatic nitrogens is 1. The molecule has 0 aliphatic carbocycles. The van der Waals surface area contributed by atoms with E-state index < -0.39 is 0 Å². The molecule has 1 aromatic heterocycles. The fourth-order valence-electron chi connectivity index (χ4n) is 3.38. The highest BCUT2D eigenvalue weighted by Gasteiger charge is 2.24. The van der Waals surface area contributed by atoms with Crippen molar-refractivity contribution in [3.05, 3.63) is 94.8 Å². The number of aryl methyl sites for hydroxylation is 3. The van der Waals surface area contributed by atoms with Gasteiger partial charge in [-0.1, -0.05) is 49.5 Å². The van der Waals surface area contributed by atoms with Crippen molar-refractivity contribution in [3.8, 4) is 0 Å². The number of benzene rings is 2. The van der Waals surface area contributed by atoms with E-state index in [1.807, 2.05) is 62.4 Å². The molecule has 0 atom stereocenters. The van der Waals surface area contributed by atoms with E-state index in [4.69, 9.17) is 12.2 Å². The number of thiocarbonyl (C=S) groups is 1. The molecular formula is C25H27N2O2S+. The minimum absolute atomic E-state index is 0.0691. The predicted octanol–water partition coefficient (Wildman–Crippen LogP) is 4.97. The van der Waals surface area contributed by atoms with Crippen LogP contribution in [-0.2, 0) is 13.0 Å². The minimum Gasteiger partial charge on any atom is -0.502 e. The molecule has 3 rings (SSSR count). The first-order valence-electron chi connectivity index (χ1n) is 9.95. The molecule has 0 aliphatic rings. The Balaban J connectivity index is 2.09. The van der Waals surface area contributed by atoms with Crippen LogP contribution in [0.2, 0.25) is 0 Å². The van der Waals surface area contributed by atoms with Gasteiger partial charge < -0.3 is 15.5 Å². The highest BCUT2D eigenvalue weighted by molar-refractivity contribution is 7.81. The lowest BCUT2D eigenvalue weighted by atomic mass is 10.1. The van der Waals surface area contributed by atoms with Gasteiger partial charge in [0.25, 0.3) is 5.70 Å². The van der Waals surface area contributed by atoms with Crippen molar-refractivity contribution in [1.82, 2.24) is 0 Å². The van der Waals surface area contributed by atoms with Crippen LogP contribution in [0.25, 0.3) is 11.5 Å². The van der Waals surface area contributed by atoms with E-state index in [9.17, 15) is 10.2 Å². The standard InChI is InChI=1S/C25H26N2O2S/c1-4-19-7-9-21(10-8-19)24(29)23(27-11-5-6-20(15-27)16-28)25(30)26-22-13-17(2)12-18(3)14-22/h5-15,28H,4,16H2,1-3H3,(H-,26,29,30)/p+1. The van der Waals surface area contributed by atoms with Gasteiger partial charge >= 0.3 is 0 Å². The summed E-state index contributed by atoms with van der Waals surface area (Å²) in [6, 6.07) is 17.5. The van der Waals surface area contributed by atoms with Gasteiger partial charge in [-0.15, -0.1) is 0 Å². The molecule has 0 unspecified atom stereocenters. The second-order valence-corrected chi connectivity index (χ2v) is 7.76. The van der Waals surface area contributed by atoms with Crippen LogP contribution in [0, 0.1) is 13.8 Å². The average molecular weight is 420 g/mol. The van der Waals surface area contributed by atoms with Crippen LogP contribution >= 0.6 is 12.2 Å². The summed E-state index contributed by atoms with van der Waals surface area (Å²) in [5, 5.41) is 24.0. The molecule has 4 nitrogen and oxygen atoms in total. The van der Waals surface area contributed by atoms with E-state index in [2.05, 4.69) is 18.3 Å². The third kappa shape index (κ3) is 5.12. The first kappa shape index (κ1) is 21.7. The smallest absolute Gasteiger partial charge is 0.288 e. The van der Waals surface area contributed by atoms with Gasteiger partial charge in [0.05, 0.1) is 6.61 Å². The molecule has 154 valence electrons. The number of anilines is 1. The van der Waals surface area contributed by atoms with Crippen LogP contribution in [-0.4, -0.2) is 15.2 Å². The minimum atomic E-state index is -0.0999. The zero-order valence-corrected chi connectivity index (χ0v) is 18.3. The fourth-order valence-corrected chi connectivity index (χ4v) is 3.70. The summed E-state index contributed by atoms with van der Waals surface area (Å²) < 4.78 is 1.74. The monoisotopic (exact) mass is 419 g/mol. The average Bonchev–Trinajstić information content (AvgIpc) is 2.73. The highest BCUT2D eigenvalue weighted by Crippen LogP contribution is 2.21. The van der Waals surface area contributed by atoms with Crippen molar-refractivity contribution in [3.63, 3.8) is 0 Å². The van der Waals surface area contributed by atoms with Gasteiger partial charge in [-0.2, -0.15) is 4.57 Å². The Morgan fingerprint density at radius 3 is 2.27 bits per heavy atom. The molecule has 2 aromatic carbocycles. The highest BCUT2D eigenvalue weighted by atomic mass is 32.1. The summed E-state index contributed by atoms with van der Waals surface area (Å²) >= 11 is 5.72. The molecule has 0 bridgehead atoms. The van der Waals surface area contributed by atoms with Gasteiger partial charge in [0.15, 0.2) is 23.1 Å². The van der Waals surface area contributed by atoms with Gasteiger partial charge in [0.1, 0.15) is 0 Å². The van der Waals surface area contributed by atoms with Crippen LogP contribution in [0.1, 0.15) is 34.7 Å². The molecule has 0 aliphatic heterocycles. The number of pyridine rings is 1. The summed E-state index contributed by atoms with van der Waals surface area (Å²) in [5.41, 5.74) is 6.15. The van der Waals surface area contributed by atoms with E-state index in [0.29, 0.717) is 16.2 Å². The van der Waals surface area contributed by atoms with E-state index in [0.717, 1.165) is 28.8 Å². The van der Waals surface area contributed by atoms with Crippen molar-refractivity contribution in [2.45, 2.75) is 33.8 Å². The predicted molar refractivity (Wildman–Crippen MR) is 126 cm³/mol. The van der Waals surface area contributed by atoms with E-state index >= 15 is 0 Å². The Hall–Kier alpha value is -3.02. The second-order valence-electron chi connectivity index (χ2n) is 7.36. The summed E-state index contributed by atoms with van der Waals surface area (Å²) in [6.45, 7) is 6.06. The van der Waals surface area contributed by atoms with Crippen LogP contribution in [0.5, 0.6) is 0 Å². The zero-order chi connectivity index (χ0) is 21.7. The molecule has 0 saturated heterocycles. The van der Waals surface area contributed by atoms with Crippen molar-refractivity contribution in [1.29, 1.82) is 0 Å². The normalized spacial score (nSPS) is 11.7. The number of aliphatic hydroxyl groups is 2. The lowest BCUT2D eigenvalue weighted by molar-refractivity contribution is -0.576. The number of rotatable bonds is 6. The molecule has 5 heteroatoms. The largest absolute Gasteiger partial charge is 0.502 e. The number of nitrogens with zero attached hydrogens (tertiary/aromatic N) is 1. The summed E-state index contributed by atoms with van der Waals surface area (Å²) in [5.74, 6) is 0.0691. The van der Waals surface area contributed by atoms with Crippen LogP contribution in [0.15, 0.2) is 67.0 Å². The Kier molecular flexibility index (Phi) is 6.98. The molecule has 0 spiro atoms. The molecule has 3 N–H and O–H groups in total. The molecular weight excluding hydrogens is 392 g/mol. The van der Waals surface area contributed by atoms with Gasteiger partial charge in [-0.3, -0.25) is 0 Å². The third-order valence-electron chi connectivity index (χ3n) is 4.86. The molecule has 0 saturated carbocycles. The lowest BCUT2D eigenvalue weighted by Gasteiger charge is -2.12. The van der Waals surface area contributed by atoms with Gasteiger partial charge in [0, 0.05) is 22.9 Å². The first-order valence-corrected chi connectivity index (χ1v) is 10.4. The second kappa shape index (κ2) is 9.65. The van der Waals surface area contributed by atoms with Gasteiger partial charge in [-0.05, 0) is 55.2 Å². The fraction of sp³-hybridized carbons (Fsp3) is 0.200. The van der Waals surface area contributed by atoms with Gasteiger partial charge in [-0.25, -0.2) is 0 Å². The Morgan fingerprint density at radius 2 is 1.67 bits per heavy atom. The maximum atomic E-state index is 11.2. The summed E-state index contributed by atoms with van der Waals surface area (Å²) in [4.78, 5) is 0.386. The number of hydrogen-bond donors (Lipinski definition) is 3. The van der Waals surface area contributed by atoms with Gasteiger partial charge in [0.2, 0.25) is 0 Å². The van der Waals surface area contributed by atoms with E-state index in [-0.39, 0.29) is 12.4 Å². The number of hydrogen-bond acceptors (Lipinski definition) is 3. The Bertz CT molecular complexity index is 1070. The van der Waals surface area contributed by atoms with Crippen LogP contribution < -0.4 is 9.88 Å². The third-order valence-corrected chi connectivity index (χ3v) is 5.15. The summed E-state index contributed by atoms with van der Waals surface area (Å²) in [7, 11) is 0. The molecule has 30 heavy (non-hydrogen) atoms. The van der Waals surface area contributed by atoms with Crippen molar-refractivity contribution in [2.75, 3.05) is 5.32 Å². The molecule has 3 aromatic rings. The Labute approximate surface area is 183 Å². The first-order chi connectivity index (χ1) is 14.4. The maximum Gasteiger partial charge on any atom is 0.288 e. The van der Waals surface area contributed by atoms with Crippen molar-refractivity contribution >= 4 is 34.3 Å². The molecule has 0 radical (unpaired) electrons. The maximum absolute atomic E-state index is 11.2. The van der Waals surface area contributed by atoms with Crippen molar-refractivity contribution < 1.29 is 14.8 Å². The van der Waals surface area contributed by atoms with Crippen LogP contribution in [0.3, 0.4) is 0 Å². The number of nitrogens with one attached hydrogen (secondary N) is 1. The SMILES string of the molecule is CCc1ccc(/C(O)=C(/C(=S)Nc2cc(C)cc(C)c2)[n+]2cccc(CO)c2)cc1. The topological polar surface area (TPSA) is 56.4 Å². The van der Waals surface area contributed by atoms with E-state index in [1.165, 1.54) is 5.56 Å².